The Bertz CT molecular complexity index is 730. The molecule has 7 nitrogen and oxygen atoms in total. The minimum absolute atomic E-state index is 0.0204. The molecule has 0 spiro atoms. The van der Waals surface area contributed by atoms with Crippen molar-refractivity contribution in [2.24, 2.45) is 0 Å². The molecule has 1 saturated heterocycles. The molecular weight excluding hydrogens is 353 g/mol. The number of nitrogens with zero attached hydrogens (tertiary/aromatic N) is 1. The Hall–Kier alpha value is -2.64. The summed E-state index contributed by atoms with van der Waals surface area (Å²) in [6.07, 6.45) is 1.61. The number of likely N-dealkylation sites (tertiary alicyclic amines) is 1. The van der Waals surface area contributed by atoms with Crippen molar-refractivity contribution >= 4 is 29.3 Å². The highest BCUT2D eigenvalue weighted by molar-refractivity contribution is 5.97. The van der Waals surface area contributed by atoms with Crippen LogP contribution in [0, 0.1) is 5.82 Å². The largest absolute Gasteiger partial charge is 0.444 e. The zero-order valence-corrected chi connectivity index (χ0v) is 16.1. The monoisotopic (exact) mass is 379 g/mol. The molecule has 1 aliphatic heterocycles. The second-order valence-corrected chi connectivity index (χ2v) is 7.55. The summed E-state index contributed by atoms with van der Waals surface area (Å²) >= 11 is 0. The molecule has 1 atom stereocenters. The number of amides is 3. The van der Waals surface area contributed by atoms with Crippen LogP contribution in [0.15, 0.2) is 18.2 Å². The normalized spacial score (nSPS) is 17.2. The Morgan fingerprint density at radius 1 is 1.19 bits per heavy atom. The summed E-state index contributed by atoms with van der Waals surface area (Å²) in [4.78, 5) is 37.7. The minimum atomic E-state index is -0.664. The molecule has 3 amide bonds. The Labute approximate surface area is 158 Å². The maximum Gasteiger partial charge on any atom is 0.410 e. The summed E-state index contributed by atoms with van der Waals surface area (Å²) in [5.41, 5.74) is -0.340. The van der Waals surface area contributed by atoms with Crippen molar-refractivity contribution in [2.45, 2.75) is 58.6 Å². The Morgan fingerprint density at radius 3 is 2.52 bits per heavy atom. The number of nitrogens with one attached hydrogen (secondary N) is 2. The molecule has 0 bridgehead atoms. The van der Waals surface area contributed by atoms with Crippen LogP contribution in [-0.2, 0) is 14.3 Å². The van der Waals surface area contributed by atoms with Crippen molar-refractivity contribution in [2.75, 3.05) is 17.2 Å². The lowest BCUT2D eigenvalue weighted by atomic mass is 10.0. The topological polar surface area (TPSA) is 87.7 Å². The molecule has 2 rings (SSSR count). The molecule has 8 heteroatoms. The molecule has 1 aromatic rings. The Morgan fingerprint density at radius 2 is 1.89 bits per heavy atom. The van der Waals surface area contributed by atoms with Crippen LogP contribution in [0.1, 0.15) is 47.0 Å². The number of carbonyl (C=O) groups excluding carboxylic acids is 3. The highest BCUT2D eigenvalue weighted by Crippen LogP contribution is 2.24. The van der Waals surface area contributed by atoms with E-state index < -0.39 is 29.5 Å². The van der Waals surface area contributed by atoms with Gasteiger partial charge >= 0.3 is 6.09 Å². The highest BCUT2D eigenvalue weighted by atomic mass is 19.1. The van der Waals surface area contributed by atoms with E-state index >= 15 is 0 Å². The predicted octanol–water partition coefficient (Wildman–Crippen LogP) is 3.51. The standard InChI is InChI=1S/C19H26FN3O4/c1-12(24)21-15-11-13(8-9-14(15)20)22-17(25)16-7-5-6-10-23(16)18(26)27-19(2,3)4/h8-9,11,16H,5-7,10H2,1-4H3,(H,21,24)(H,22,25)/t16-/m1/s1. The van der Waals surface area contributed by atoms with Crippen molar-refractivity contribution in [1.29, 1.82) is 0 Å². The summed E-state index contributed by atoms with van der Waals surface area (Å²) in [5.74, 6) is -1.39. The van der Waals surface area contributed by atoms with Gasteiger partial charge in [0.1, 0.15) is 17.5 Å². The quantitative estimate of drug-likeness (QED) is 0.841. The number of anilines is 2. The van der Waals surface area contributed by atoms with Gasteiger partial charge in [-0.05, 0) is 58.2 Å². The van der Waals surface area contributed by atoms with E-state index in [1.54, 1.807) is 20.8 Å². The molecule has 1 aromatic carbocycles. The Balaban J connectivity index is 2.13. The third kappa shape index (κ3) is 5.94. The number of rotatable bonds is 3. The Kier molecular flexibility index (Phi) is 6.41. The second kappa shape index (κ2) is 8.37. The maximum atomic E-state index is 13.8. The molecule has 0 aliphatic carbocycles. The van der Waals surface area contributed by atoms with Gasteiger partial charge in [0, 0.05) is 19.2 Å². The third-order valence-corrected chi connectivity index (χ3v) is 3.98. The van der Waals surface area contributed by atoms with Gasteiger partial charge in [-0.25, -0.2) is 9.18 Å². The van der Waals surface area contributed by atoms with Gasteiger partial charge < -0.3 is 15.4 Å². The molecule has 0 aromatic heterocycles. The van der Waals surface area contributed by atoms with E-state index in [0.717, 1.165) is 18.9 Å². The van der Waals surface area contributed by atoms with E-state index in [-0.39, 0.29) is 11.6 Å². The zero-order valence-electron chi connectivity index (χ0n) is 16.1. The fraction of sp³-hybridized carbons (Fsp3) is 0.526. The molecule has 1 aliphatic rings. The second-order valence-electron chi connectivity index (χ2n) is 7.55. The average molecular weight is 379 g/mol. The fourth-order valence-electron chi connectivity index (χ4n) is 2.86. The van der Waals surface area contributed by atoms with Crippen LogP contribution in [0.3, 0.4) is 0 Å². The van der Waals surface area contributed by atoms with Gasteiger partial charge in [0.05, 0.1) is 5.69 Å². The van der Waals surface area contributed by atoms with Crippen LogP contribution < -0.4 is 10.6 Å². The van der Waals surface area contributed by atoms with Crippen LogP contribution >= 0.6 is 0 Å². The van der Waals surface area contributed by atoms with Gasteiger partial charge in [0.2, 0.25) is 11.8 Å². The molecule has 0 unspecified atom stereocenters. The molecular formula is C19H26FN3O4. The SMILES string of the molecule is CC(=O)Nc1cc(NC(=O)[C@H]2CCCCN2C(=O)OC(C)(C)C)ccc1F. The molecule has 0 saturated carbocycles. The number of ether oxygens (including phenoxy) is 1. The summed E-state index contributed by atoms with van der Waals surface area (Å²) in [6, 6.07) is 3.24. The maximum absolute atomic E-state index is 13.8. The average Bonchev–Trinajstić information content (AvgIpc) is 2.56. The summed E-state index contributed by atoms with van der Waals surface area (Å²) in [5, 5.41) is 5.06. The van der Waals surface area contributed by atoms with Gasteiger partial charge in [-0.1, -0.05) is 0 Å². The number of hydrogen-bond acceptors (Lipinski definition) is 4. The summed E-state index contributed by atoms with van der Waals surface area (Å²) < 4.78 is 19.1. The van der Waals surface area contributed by atoms with Gasteiger partial charge in [-0.2, -0.15) is 0 Å². The molecule has 1 heterocycles. The zero-order chi connectivity index (χ0) is 20.2. The van der Waals surface area contributed by atoms with Crippen molar-refractivity contribution < 1.29 is 23.5 Å². The van der Waals surface area contributed by atoms with Crippen LogP contribution in [0.2, 0.25) is 0 Å². The first-order valence-corrected chi connectivity index (χ1v) is 8.94. The highest BCUT2D eigenvalue weighted by Gasteiger charge is 2.34. The number of piperidine rings is 1. The van der Waals surface area contributed by atoms with E-state index in [9.17, 15) is 18.8 Å². The van der Waals surface area contributed by atoms with E-state index in [4.69, 9.17) is 4.74 Å². The van der Waals surface area contributed by atoms with Crippen molar-refractivity contribution in [3.63, 3.8) is 0 Å². The summed E-state index contributed by atoms with van der Waals surface area (Å²) in [7, 11) is 0. The van der Waals surface area contributed by atoms with Crippen LogP contribution in [-0.4, -0.2) is 41.0 Å². The summed E-state index contributed by atoms with van der Waals surface area (Å²) in [6.45, 7) is 7.02. The van der Waals surface area contributed by atoms with Crippen molar-refractivity contribution in [1.82, 2.24) is 4.90 Å². The lowest BCUT2D eigenvalue weighted by Gasteiger charge is -2.35. The van der Waals surface area contributed by atoms with Gasteiger partial charge in [0.15, 0.2) is 0 Å². The smallest absolute Gasteiger partial charge is 0.410 e. The third-order valence-electron chi connectivity index (χ3n) is 3.98. The first-order chi connectivity index (χ1) is 12.6. The van der Waals surface area contributed by atoms with Crippen LogP contribution in [0.4, 0.5) is 20.6 Å². The molecule has 27 heavy (non-hydrogen) atoms. The van der Waals surface area contributed by atoms with Gasteiger partial charge in [-0.15, -0.1) is 0 Å². The lowest BCUT2D eigenvalue weighted by molar-refractivity contribution is -0.122. The van der Waals surface area contributed by atoms with E-state index in [1.165, 1.54) is 24.0 Å². The van der Waals surface area contributed by atoms with Crippen molar-refractivity contribution in [3.05, 3.63) is 24.0 Å². The first kappa shape index (κ1) is 20.7. The molecule has 1 fully saturated rings. The van der Waals surface area contributed by atoms with E-state index in [0.29, 0.717) is 18.7 Å². The van der Waals surface area contributed by atoms with Crippen LogP contribution in [0.5, 0.6) is 0 Å². The van der Waals surface area contributed by atoms with E-state index in [1.807, 2.05) is 0 Å². The fourth-order valence-corrected chi connectivity index (χ4v) is 2.86. The number of halogens is 1. The predicted molar refractivity (Wildman–Crippen MR) is 99.9 cm³/mol. The number of hydrogen-bond donors (Lipinski definition) is 2. The van der Waals surface area contributed by atoms with Gasteiger partial charge in [0.25, 0.3) is 0 Å². The number of benzene rings is 1. The lowest BCUT2D eigenvalue weighted by Crippen LogP contribution is -2.51. The minimum Gasteiger partial charge on any atom is -0.444 e. The van der Waals surface area contributed by atoms with E-state index in [2.05, 4.69) is 10.6 Å². The van der Waals surface area contributed by atoms with Crippen LogP contribution in [0.25, 0.3) is 0 Å². The number of carbonyl (C=O) groups is 3. The van der Waals surface area contributed by atoms with Crippen molar-refractivity contribution in [3.8, 4) is 0 Å². The molecule has 148 valence electrons. The van der Waals surface area contributed by atoms with Gasteiger partial charge in [-0.3, -0.25) is 14.5 Å². The molecule has 2 N–H and O–H groups in total. The first-order valence-electron chi connectivity index (χ1n) is 8.94. The molecule has 0 radical (unpaired) electrons.